The minimum Gasteiger partial charge on any atom is -0.451 e. The van der Waals surface area contributed by atoms with Crippen molar-refractivity contribution in [2.75, 3.05) is 12.8 Å². The number of para-hydroxylation sites is 1. The van der Waals surface area contributed by atoms with Gasteiger partial charge in [-0.05, 0) is 25.0 Å². The van der Waals surface area contributed by atoms with Crippen molar-refractivity contribution in [1.29, 1.82) is 0 Å². The van der Waals surface area contributed by atoms with Gasteiger partial charge in [-0.1, -0.05) is 24.6 Å². The Morgan fingerprint density at radius 2 is 2.15 bits per heavy atom. The van der Waals surface area contributed by atoms with E-state index in [0.29, 0.717) is 17.9 Å². The zero-order valence-corrected chi connectivity index (χ0v) is 12.2. The lowest BCUT2D eigenvalue weighted by Gasteiger charge is -2.39. The number of benzene rings is 1. The Morgan fingerprint density at radius 3 is 2.75 bits per heavy atom. The summed E-state index contributed by atoms with van der Waals surface area (Å²) in [6.07, 6.45) is 4.62. The Morgan fingerprint density at radius 1 is 1.40 bits per heavy atom. The summed E-state index contributed by atoms with van der Waals surface area (Å²) >= 11 is 0. The van der Waals surface area contributed by atoms with Crippen molar-refractivity contribution >= 4 is 27.7 Å². The molecule has 2 aromatic rings. The van der Waals surface area contributed by atoms with Crippen LogP contribution in [0.4, 0.5) is 0 Å². The molecule has 0 aliphatic heterocycles. The molecule has 1 N–H and O–H groups in total. The molecule has 0 bridgehead atoms. The third-order valence-electron chi connectivity index (χ3n) is 4.10. The molecule has 1 amide bonds. The number of hydrogen-bond acceptors (Lipinski definition) is 3. The summed E-state index contributed by atoms with van der Waals surface area (Å²) in [5.41, 5.74) is 0.704. The van der Waals surface area contributed by atoms with Crippen LogP contribution in [0.25, 0.3) is 11.0 Å². The fourth-order valence-electron chi connectivity index (χ4n) is 2.56. The van der Waals surface area contributed by atoms with E-state index in [-0.39, 0.29) is 10.7 Å². The molecule has 20 heavy (non-hydrogen) atoms. The van der Waals surface area contributed by atoms with Crippen molar-refractivity contribution in [3.05, 3.63) is 36.1 Å². The van der Waals surface area contributed by atoms with Crippen LogP contribution in [0, 0.1) is 0 Å². The van der Waals surface area contributed by atoms with Crippen LogP contribution < -0.4 is 5.32 Å². The molecule has 0 spiro atoms. The predicted molar refractivity (Wildman–Crippen MR) is 79.2 cm³/mol. The zero-order chi connectivity index (χ0) is 14.2. The van der Waals surface area contributed by atoms with Crippen LogP contribution in [0.3, 0.4) is 0 Å². The van der Waals surface area contributed by atoms with Crippen LogP contribution >= 0.6 is 0 Å². The first kappa shape index (κ1) is 13.4. The highest BCUT2D eigenvalue weighted by molar-refractivity contribution is 7.85. The van der Waals surface area contributed by atoms with E-state index >= 15 is 0 Å². The van der Waals surface area contributed by atoms with Gasteiger partial charge in [-0.25, -0.2) is 0 Å². The van der Waals surface area contributed by atoms with Crippen molar-refractivity contribution in [3.63, 3.8) is 0 Å². The van der Waals surface area contributed by atoms with Gasteiger partial charge in [0.15, 0.2) is 5.76 Å². The fraction of sp³-hybridized carbons (Fsp3) is 0.400. The standard InChI is InChI=1S/C15H17NO3S/c1-20(18)15(7-4-8-15)10-16-14(17)13-9-11-5-2-3-6-12(11)19-13/h2-3,5-6,9H,4,7-8,10H2,1H3,(H,16,17)/t20-/m0/s1. The molecule has 0 saturated heterocycles. The number of carbonyl (C=O) groups excluding carboxylic acids is 1. The van der Waals surface area contributed by atoms with Crippen LogP contribution in [0.1, 0.15) is 29.8 Å². The van der Waals surface area contributed by atoms with Gasteiger partial charge in [-0.3, -0.25) is 9.00 Å². The molecule has 106 valence electrons. The summed E-state index contributed by atoms with van der Waals surface area (Å²) in [5, 5.41) is 3.77. The van der Waals surface area contributed by atoms with Gasteiger partial charge in [0, 0.05) is 29.0 Å². The molecule has 1 heterocycles. The Labute approximate surface area is 120 Å². The van der Waals surface area contributed by atoms with E-state index in [9.17, 15) is 9.00 Å². The van der Waals surface area contributed by atoms with Crippen molar-refractivity contribution in [2.45, 2.75) is 24.0 Å². The van der Waals surface area contributed by atoms with Crippen molar-refractivity contribution < 1.29 is 13.4 Å². The lowest BCUT2D eigenvalue weighted by molar-refractivity contribution is 0.0918. The normalized spacial score (nSPS) is 18.4. The van der Waals surface area contributed by atoms with E-state index in [1.807, 2.05) is 24.3 Å². The van der Waals surface area contributed by atoms with Gasteiger partial charge in [0.05, 0.1) is 4.75 Å². The summed E-state index contributed by atoms with van der Waals surface area (Å²) in [7, 11) is -0.915. The van der Waals surface area contributed by atoms with Crippen molar-refractivity contribution in [3.8, 4) is 0 Å². The lowest BCUT2D eigenvalue weighted by atomic mass is 9.84. The molecule has 1 saturated carbocycles. The molecular formula is C15H17NO3S. The summed E-state index contributed by atoms with van der Waals surface area (Å²) in [6, 6.07) is 9.26. The number of amides is 1. The Bertz CT molecular complexity index is 640. The highest BCUT2D eigenvalue weighted by Crippen LogP contribution is 2.36. The van der Waals surface area contributed by atoms with E-state index in [1.165, 1.54) is 0 Å². The largest absolute Gasteiger partial charge is 0.451 e. The molecule has 5 heteroatoms. The molecule has 1 aromatic heterocycles. The minimum atomic E-state index is -0.915. The van der Waals surface area contributed by atoms with Gasteiger partial charge in [0.2, 0.25) is 0 Å². The van der Waals surface area contributed by atoms with Crippen LogP contribution in [0.15, 0.2) is 34.7 Å². The van der Waals surface area contributed by atoms with Crippen LogP contribution in [0.2, 0.25) is 0 Å². The molecular weight excluding hydrogens is 274 g/mol. The van der Waals surface area contributed by atoms with Crippen molar-refractivity contribution in [2.24, 2.45) is 0 Å². The maximum absolute atomic E-state index is 12.1. The third kappa shape index (κ3) is 2.26. The van der Waals surface area contributed by atoms with Crippen LogP contribution in [0.5, 0.6) is 0 Å². The quantitative estimate of drug-likeness (QED) is 0.941. The second-order valence-corrected chi connectivity index (χ2v) is 7.10. The SMILES string of the molecule is C[S@](=O)C1(CNC(=O)c2cc3ccccc3o2)CCC1. The summed E-state index contributed by atoms with van der Waals surface area (Å²) in [6.45, 7) is 0.450. The second-order valence-electron chi connectivity index (χ2n) is 5.32. The summed E-state index contributed by atoms with van der Waals surface area (Å²) < 4.78 is 17.1. The smallest absolute Gasteiger partial charge is 0.287 e. The third-order valence-corrected chi connectivity index (χ3v) is 5.87. The topological polar surface area (TPSA) is 59.3 Å². The van der Waals surface area contributed by atoms with E-state index in [0.717, 1.165) is 24.6 Å². The maximum Gasteiger partial charge on any atom is 0.287 e. The van der Waals surface area contributed by atoms with Gasteiger partial charge in [0.1, 0.15) is 5.58 Å². The molecule has 1 fully saturated rings. The molecule has 3 rings (SSSR count). The minimum absolute atomic E-state index is 0.234. The highest BCUT2D eigenvalue weighted by atomic mass is 32.2. The van der Waals surface area contributed by atoms with Crippen LogP contribution in [-0.2, 0) is 10.8 Å². The first-order chi connectivity index (χ1) is 9.61. The molecule has 1 atom stereocenters. The predicted octanol–water partition coefficient (Wildman–Crippen LogP) is 2.46. The van der Waals surface area contributed by atoms with E-state index in [2.05, 4.69) is 5.32 Å². The number of furan rings is 1. The highest BCUT2D eigenvalue weighted by Gasteiger charge is 2.41. The Kier molecular flexibility index (Phi) is 3.38. The average Bonchev–Trinajstić information content (AvgIpc) is 2.80. The Hall–Kier alpha value is -1.62. The second kappa shape index (κ2) is 5.05. The number of fused-ring (bicyclic) bond motifs is 1. The van der Waals surface area contributed by atoms with Crippen LogP contribution in [-0.4, -0.2) is 27.7 Å². The first-order valence-corrected chi connectivity index (χ1v) is 8.27. The Balaban J connectivity index is 1.71. The number of nitrogens with one attached hydrogen (secondary N) is 1. The number of hydrogen-bond donors (Lipinski definition) is 1. The van der Waals surface area contributed by atoms with Gasteiger partial charge in [0.25, 0.3) is 5.91 Å². The number of rotatable bonds is 4. The van der Waals surface area contributed by atoms with Crippen molar-refractivity contribution in [1.82, 2.24) is 5.32 Å². The molecule has 0 unspecified atom stereocenters. The molecule has 1 aliphatic rings. The van der Waals surface area contributed by atoms with E-state index < -0.39 is 10.8 Å². The van der Waals surface area contributed by atoms with Gasteiger partial charge in [-0.15, -0.1) is 0 Å². The van der Waals surface area contributed by atoms with Gasteiger partial charge >= 0.3 is 0 Å². The maximum atomic E-state index is 12.1. The molecule has 4 nitrogen and oxygen atoms in total. The summed E-state index contributed by atoms with van der Waals surface area (Å²) in [4.78, 5) is 12.1. The average molecular weight is 291 g/mol. The monoisotopic (exact) mass is 291 g/mol. The van der Waals surface area contributed by atoms with E-state index in [1.54, 1.807) is 12.3 Å². The molecule has 0 radical (unpaired) electrons. The van der Waals surface area contributed by atoms with Gasteiger partial charge < -0.3 is 9.73 Å². The molecule has 1 aromatic carbocycles. The first-order valence-electron chi connectivity index (χ1n) is 6.71. The lowest BCUT2D eigenvalue weighted by Crippen LogP contribution is -2.50. The zero-order valence-electron chi connectivity index (χ0n) is 11.3. The fourth-order valence-corrected chi connectivity index (χ4v) is 3.70. The van der Waals surface area contributed by atoms with E-state index in [4.69, 9.17) is 4.42 Å². The van der Waals surface area contributed by atoms with Gasteiger partial charge in [-0.2, -0.15) is 0 Å². The number of carbonyl (C=O) groups is 1. The summed E-state index contributed by atoms with van der Waals surface area (Å²) in [5.74, 6) is 0.0699. The molecule has 1 aliphatic carbocycles.